The smallest absolute Gasteiger partial charge is 0.274 e. The lowest BCUT2D eigenvalue weighted by atomic mass is 9.82. The van der Waals surface area contributed by atoms with Gasteiger partial charge in [0.25, 0.3) is 5.91 Å². The Morgan fingerprint density at radius 1 is 1.33 bits per heavy atom. The normalized spacial score (nSPS) is 17.0. The highest BCUT2D eigenvalue weighted by molar-refractivity contribution is 5.92. The number of nitrogens with one attached hydrogen (secondary N) is 1. The molecule has 2 heterocycles. The molecular weight excluding hydrogens is 264 g/mol. The topological polar surface area (TPSA) is 58.1 Å². The second-order valence-corrected chi connectivity index (χ2v) is 5.90. The standard InChI is InChI=1S/C16H26N4O/c1-4-8-18-14-11-17-10-13(19-14)15(21)20-9-7-16(5-2,6-3)12-20/h10-11H,4-9,12H2,1-3H3,(H,18,19). The molecule has 5 nitrogen and oxygen atoms in total. The van der Waals surface area contributed by atoms with Gasteiger partial charge in [-0.1, -0.05) is 20.8 Å². The van der Waals surface area contributed by atoms with E-state index in [1.807, 2.05) is 4.90 Å². The van der Waals surface area contributed by atoms with E-state index < -0.39 is 0 Å². The van der Waals surface area contributed by atoms with Gasteiger partial charge >= 0.3 is 0 Å². The number of carbonyl (C=O) groups is 1. The molecule has 0 unspecified atom stereocenters. The number of rotatable bonds is 6. The minimum Gasteiger partial charge on any atom is -0.369 e. The van der Waals surface area contributed by atoms with Gasteiger partial charge in [-0.15, -0.1) is 0 Å². The van der Waals surface area contributed by atoms with Gasteiger partial charge in [0.05, 0.1) is 12.4 Å². The van der Waals surface area contributed by atoms with Gasteiger partial charge in [-0.05, 0) is 31.1 Å². The predicted octanol–water partition coefficient (Wildman–Crippen LogP) is 2.95. The van der Waals surface area contributed by atoms with Gasteiger partial charge in [0, 0.05) is 19.6 Å². The first-order valence-electron chi connectivity index (χ1n) is 7.99. The average Bonchev–Trinajstić information content (AvgIpc) is 2.97. The Bertz CT molecular complexity index is 485. The lowest BCUT2D eigenvalue weighted by molar-refractivity contribution is 0.0763. The minimum atomic E-state index is 0.00595. The van der Waals surface area contributed by atoms with E-state index in [9.17, 15) is 4.79 Å². The summed E-state index contributed by atoms with van der Waals surface area (Å²) in [6, 6.07) is 0. The fourth-order valence-corrected chi connectivity index (χ4v) is 2.90. The SMILES string of the molecule is CCCNc1cncc(C(=O)N2CCC(CC)(CC)C2)n1. The molecule has 0 bridgehead atoms. The molecule has 1 aromatic rings. The molecule has 1 amide bonds. The number of anilines is 1. The molecule has 1 aliphatic rings. The van der Waals surface area contributed by atoms with E-state index in [2.05, 4.69) is 36.1 Å². The zero-order valence-electron chi connectivity index (χ0n) is 13.4. The highest BCUT2D eigenvalue weighted by atomic mass is 16.2. The van der Waals surface area contributed by atoms with Crippen molar-refractivity contribution in [3.05, 3.63) is 18.1 Å². The molecule has 0 atom stereocenters. The quantitative estimate of drug-likeness (QED) is 0.875. The van der Waals surface area contributed by atoms with E-state index >= 15 is 0 Å². The Kier molecular flexibility index (Phi) is 5.15. The molecule has 1 N–H and O–H groups in total. The highest BCUT2D eigenvalue weighted by Crippen LogP contribution is 2.37. The molecule has 0 aromatic carbocycles. The molecule has 1 saturated heterocycles. The van der Waals surface area contributed by atoms with Crippen molar-refractivity contribution in [2.75, 3.05) is 25.0 Å². The summed E-state index contributed by atoms with van der Waals surface area (Å²) in [6.07, 6.45) is 7.58. The molecular formula is C16H26N4O. The Hall–Kier alpha value is -1.65. The first-order valence-corrected chi connectivity index (χ1v) is 7.99. The average molecular weight is 290 g/mol. The number of hydrogen-bond acceptors (Lipinski definition) is 4. The van der Waals surface area contributed by atoms with Gasteiger partial charge in [0.1, 0.15) is 11.5 Å². The van der Waals surface area contributed by atoms with Crippen molar-refractivity contribution in [2.24, 2.45) is 5.41 Å². The van der Waals surface area contributed by atoms with Crippen LogP contribution >= 0.6 is 0 Å². The maximum absolute atomic E-state index is 12.6. The van der Waals surface area contributed by atoms with E-state index in [0.717, 1.165) is 45.3 Å². The molecule has 5 heteroatoms. The van der Waals surface area contributed by atoms with Crippen LogP contribution in [0.1, 0.15) is 56.9 Å². The van der Waals surface area contributed by atoms with Crippen LogP contribution in [0.4, 0.5) is 5.82 Å². The second kappa shape index (κ2) is 6.87. The Balaban J connectivity index is 2.07. The van der Waals surface area contributed by atoms with Crippen molar-refractivity contribution >= 4 is 11.7 Å². The van der Waals surface area contributed by atoms with Crippen LogP contribution in [0, 0.1) is 5.41 Å². The van der Waals surface area contributed by atoms with Crippen LogP contribution in [0.2, 0.25) is 0 Å². The lowest BCUT2D eigenvalue weighted by Crippen LogP contribution is -2.32. The monoisotopic (exact) mass is 290 g/mol. The van der Waals surface area contributed by atoms with Crippen LogP contribution in [0.25, 0.3) is 0 Å². The van der Waals surface area contributed by atoms with Gasteiger partial charge in [-0.25, -0.2) is 4.98 Å². The van der Waals surface area contributed by atoms with Crippen molar-refractivity contribution in [3.63, 3.8) is 0 Å². The van der Waals surface area contributed by atoms with E-state index in [1.165, 1.54) is 0 Å². The summed E-state index contributed by atoms with van der Waals surface area (Å²) in [5, 5.41) is 3.17. The van der Waals surface area contributed by atoms with Crippen LogP contribution in [0.15, 0.2) is 12.4 Å². The molecule has 2 rings (SSSR count). The zero-order chi connectivity index (χ0) is 15.3. The predicted molar refractivity (Wildman–Crippen MR) is 84.3 cm³/mol. The maximum atomic E-state index is 12.6. The van der Waals surface area contributed by atoms with Crippen LogP contribution < -0.4 is 5.32 Å². The number of carbonyl (C=O) groups excluding carboxylic acids is 1. The summed E-state index contributed by atoms with van der Waals surface area (Å²) in [7, 11) is 0. The van der Waals surface area contributed by atoms with Crippen LogP contribution in [0.3, 0.4) is 0 Å². The zero-order valence-corrected chi connectivity index (χ0v) is 13.4. The largest absolute Gasteiger partial charge is 0.369 e. The van der Waals surface area contributed by atoms with E-state index in [4.69, 9.17) is 0 Å². The fraction of sp³-hybridized carbons (Fsp3) is 0.688. The minimum absolute atomic E-state index is 0.00595. The second-order valence-electron chi connectivity index (χ2n) is 5.90. The van der Waals surface area contributed by atoms with E-state index in [-0.39, 0.29) is 5.91 Å². The number of hydrogen-bond donors (Lipinski definition) is 1. The molecule has 0 spiro atoms. The molecule has 1 aliphatic heterocycles. The van der Waals surface area contributed by atoms with Gasteiger partial charge in [-0.3, -0.25) is 9.78 Å². The summed E-state index contributed by atoms with van der Waals surface area (Å²) in [6.45, 7) is 9.03. The van der Waals surface area contributed by atoms with Gasteiger partial charge < -0.3 is 10.2 Å². The first-order chi connectivity index (χ1) is 10.1. The summed E-state index contributed by atoms with van der Waals surface area (Å²) >= 11 is 0. The van der Waals surface area contributed by atoms with Gasteiger partial charge in [-0.2, -0.15) is 0 Å². The van der Waals surface area contributed by atoms with Gasteiger partial charge in [0.2, 0.25) is 0 Å². The van der Waals surface area contributed by atoms with Crippen LogP contribution in [-0.2, 0) is 0 Å². The first kappa shape index (κ1) is 15.7. The third-order valence-electron chi connectivity index (χ3n) is 4.64. The molecule has 0 radical (unpaired) electrons. The van der Waals surface area contributed by atoms with Crippen molar-refractivity contribution < 1.29 is 4.79 Å². The number of likely N-dealkylation sites (tertiary alicyclic amines) is 1. The fourth-order valence-electron chi connectivity index (χ4n) is 2.90. The van der Waals surface area contributed by atoms with Crippen LogP contribution in [-0.4, -0.2) is 40.4 Å². The van der Waals surface area contributed by atoms with Crippen molar-refractivity contribution in [2.45, 2.75) is 46.5 Å². The maximum Gasteiger partial charge on any atom is 0.274 e. The molecule has 1 fully saturated rings. The third kappa shape index (κ3) is 3.52. The Labute approximate surface area is 127 Å². The highest BCUT2D eigenvalue weighted by Gasteiger charge is 2.37. The molecule has 1 aromatic heterocycles. The lowest BCUT2D eigenvalue weighted by Gasteiger charge is -2.26. The Morgan fingerprint density at radius 3 is 2.71 bits per heavy atom. The van der Waals surface area contributed by atoms with Crippen molar-refractivity contribution in [1.82, 2.24) is 14.9 Å². The Morgan fingerprint density at radius 2 is 2.10 bits per heavy atom. The van der Waals surface area contributed by atoms with Crippen LogP contribution in [0.5, 0.6) is 0 Å². The van der Waals surface area contributed by atoms with E-state index in [1.54, 1.807) is 12.4 Å². The molecule has 0 aliphatic carbocycles. The number of nitrogens with zero attached hydrogens (tertiary/aromatic N) is 3. The number of aromatic nitrogens is 2. The molecule has 21 heavy (non-hydrogen) atoms. The summed E-state index contributed by atoms with van der Waals surface area (Å²) in [5.74, 6) is 0.686. The van der Waals surface area contributed by atoms with E-state index in [0.29, 0.717) is 16.9 Å². The summed E-state index contributed by atoms with van der Waals surface area (Å²) < 4.78 is 0. The third-order valence-corrected chi connectivity index (χ3v) is 4.64. The molecule has 116 valence electrons. The van der Waals surface area contributed by atoms with Crippen molar-refractivity contribution in [1.29, 1.82) is 0 Å². The van der Waals surface area contributed by atoms with Crippen molar-refractivity contribution in [3.8, 4) is 0 Å². The number of amides is 1. The summed E-state index contributed by atoms with van der Waals surface area (Å²) in [5.41, 5.74) is 0.736. The summed E-state index contributed by atoms with van der Waals surface area (Å²) in [4.78, 5) is 23.0. The molecule has 0 saturated carbocycles. The van der Waals surface area contributed by atoms with Gasteiger partial charge in [0.15, 0.2) is 0 Å².